The molecule has 0 spiro atoms. The van der Waals surface area contributed by atoms with Crippen LogP contribution in [-0.4, -0.2) is 20.5 Å². The summed E-state index contributed by atoms with van der Waals surface area (Å²) in [6.45, 7) is 4.63. The molecule has 126 valence electrons. The number of aromatic nitrogens is 3. The van der Waals surface area contributed by atoms with E-state index in [1.807, 2.05) is 18.2 Å². The number of benzene rings is 1. The highest BCUT2D eigenvalue weighted by Crippen LogP contribution is 2.30. The molecule has 7 heteroatoms. The number of nitrogens with two attached hydrogens (primary N) is 2. The van der Waals surface area contributed by atoms with Crippen molar-refractivity contribution < 1.29 is 4.42 Å². The van der Waals surface area contributed by atoms with Crippen molar-refractivity contribution in [2.24, 2.45) is 0 Å². The predicted molar refractivity (Wildman–Crippen MR) is 96.1 cm³/mol. The minimum absolute atomic E-state index is 0.134. The van der Waals surface area contributed by atoms with Gasteiger partial charge in [-0.15, -0.1) is 0 Å². The van der Waals surface area contributed by atoms with Crippen LogP contribution >= 0.6 is 0 Å². The van der Waals surface area contributed by atoms with E-state index in [1.165, 1.54) is 0 Å². The first-order valence-corrected chi connectivity index (χ1v) is 8.09. The number of nitrogen functional groups attached to an aromatic ring is 2. The van der Waals surface area contributed by atoms with Gasteiger partial charge in [0.2, 0.25) is 0 Å². The lowest BCUT2D eigenvalue weighted by Crippen LogP contribution is -2.06. The molecular formula is C17H22N6O. The maximum Gasteiger partial charge on any atom is 0.292 e. The highest BCUT2D eigenvalue weighted by molar-refractivity contribution is 6.06. The highest BCUT2D eigenvalue weighted by atomic mass is 16.4. The van der Waals surface area contributed by atoms with Crippen LogP contribution in [0, 0.1) is 5.41 Å². The van der Waals surface area contributed by atoms with Crippen LogP contribution in [0.1, 0.15) is 38.7 Å². The molecule has 0 aliphatic carbocycles. The van der Waals surface area contributed by atoms with Gasteiger partial charge in [0.15, 0.2) is 5.58 Å². The van der Waals surface area contributed by atoms with Gasteiger partial charge in [-0.05, 0) is 31.5 Å². The summed E-state index contributed by atoms with van der Waals surface area (Å²) in [7, 11) is 0. The molecule has 0 aliphatic heterocycles. The normalized spacial score (nSPS) is 11.2. The van der Waals surface area contributed by atoms with Crippen LogP contribution in [0.4, 0.5) is 11.8 Å². The molecule has 2 aromatic heterocycles. The summed E-state index contributed by atoms with van der Waals surface area (Å²) in [5.74, 6) is 0.536. The van der Waals surface area contributed by atoms with E-state index in [-0.39, 0.29) is 6.01 Å². The molecule has 0 aliphatic rings. The first-order valence-electron chi connectivity index (χ1n) is 8.09. The summed E-state index contributed by atoms with van der Waals surface area (Å²) in [4.78, 5) is 4.16. The van der Waals surface area contributed by atoms with Gasteiger partial charge in [0.05, 0.1) is 5.56 Å². The number of hydrogen-bond acceptors (Lipinski definition) is 6. The largest absolute Gasteiger partial charge is 0.424 e. The first-order chi connectivity index (χ1) is 11.5. The van der Waals surface area contributed by atoms with Crippen LogP contribution in [0.3, 0.4) is 0 Å². The van der Waals surface area contributed by atoms with Gasteiger partial charge in [0, 0.05) is 17.8 Å². The number of unbranched alkanes of at least 4 members (excludes halogenated alkanes) is 2. The number of hydrogen-bond donors (Lipinski definition) is 3. The number of rotatable bonds is 6. The second-order valence-electron chi connectivity index (χ2n) is 5.90. The molecule has 3 aromatic rings. The third-order valence-corrected chi connectivity index (χ3v) is 4.02. The second-order valence-corrected chi connectivity index (χ2v) is 5.90. The first kappa shape index (κ1) is 16.0. The SMILES string of the molecule is CCCCCn1nc(-c2ccc3oc(N)nc3c2)c(C(C)=N)c1N. The van der Waals surface area contributed by atoms with Crippen LogP contribution in [0.5, 0.6) is 0 Å². The Morgan fingerprint density at radius 3 is 2.79 bits per heavy atom. The van der Waals surface area contributed by atoms with E-state index in [0.717, 1.165) is 31.4 Å². The van der Waals surface area contributed by atoms with Crippen LogP contribution in [0.15, 0.2) is 22.6 Å². The zero-order valence-electron chi connectivity index (χ0n) is 14.0. The third-order valence-electron chi connectivity index (χ3n) is 4.02. The summed E-state index contributed by atoms with van der Waals surface area (Å²) in [6, 6.07) is 5.69. The lowest BCUT2D eigenvalue weighted by atomic mass is 10.0. The summed E-state index contributed by atoms with van der Waals surface area (Å²) in [5.41, 5.74) is 15.7. The molecule has 0 fully saturated rings. The van der Waals surface area contributed by atoms with Crippen molar-refractivity contribution in [1.29, 1.82) is 5.41 Å². The fraction of sp³-hybridized carbons (Fsp3) is 0.353. The smallest absolute Gasteiger partial charge is 0.292 e. The molecule has 0 amide bonds. The molecule has 3 rings (SSSR count). The van der Waals surface area contributed by atoms with E-state index in [0.29, 0.717) is 33.9 Å². The van der Waals surface area contributed by atoms with Crippen LogP contribution in [0.2, 0.25) is 0 Å². The monoisotopic (exact) mass is 326 g/mol. The molecule has 0 bridgehead atoms. The zero-order chi connectivity index (χ0) is 17.3. The molecule has 24 heavy (non-hydrogen) atoms. The Bertz CT molecular complexity index is 892. The van der Waals surface area contributed by atoms with Gasteiger partial charge in [0.25, 0.3) is 6.01 Å². The minimum atomic E-state index is 0.134. The standard InChI is InChI=1S/C17H22N6O/c1-3-4-5-8-23-16(19)14(10(2)18)15(22-23)11-6-7-13-12(9-11)21-17(20)24-13/h6-7,9,18H,3-5,8,19H2,1-2H3,(H2,20,21). The fourth-order valence-electron chi connectivity index (χ4n) is 2.82. The Hall–Kier alpha value is -2.83. The Morgan fingerprint density at radius 1 is 1.29 bits per heavy atom. The average Bonchev–Trinajstić information content (AvgIpc) is 3.06. The number of fused-ring (bicyclic) bond motifs is 1. The van der Waals surface area contributed by atoms with Gasteiger partial charge in [-0.3, -0.25) is 0 Å². The van der Waals surface area contributed by atoms with Crippen LogP contribution in [-0.2, 0) is 6.54 Å². The lowest BCUT2D eigenvalue weighted by molar-refractivity contribution is 0.561. The number of nitrogens with zero attached hydrogens (tertiary/aromatic N) is 3. The maximum absolute atomic E-state index is 8.07. The van der Waals surface area contributed by atoms with Crippen LogP contribution in [0.25, 0.3) is 22.4 Å². The van der Waals surface area contributed by atoms with E-state index >= 15 is 0 Å². The van der Waals surface area contributed by atoms with E-state index < -0.39 is 0 Å². The van der Waals surface area contributed by atoms with Crippen molar-refractivity contribution in [2.75, 3.05) is 11.5 Å². The van der Waals surface area contributed by atoms with Crippen molar-refractivity contribution in [2.45, 2.75) is 39.7 Å². The third kappa shape index (κ3) is 2.84. The van der Waals surface area contributed by atoms with Crippen LogP contribution < -0.4 is 11.5 Å². The van der Waals surface area contributed by atoms with Gasteiger partial charge in [-0.2, -0.15) is 10.1 Å². The van der Waals surface area contributed by atoms with Crippen molar-refractivity contribution in [3.8, 4) is 11.3 Å². The Kier molecular flexibility index (Phi) is 4.24. The fourth-order valence-corrected chi connectivity index (χ4v) is 2.82. The van der Waals surface area contributed by atoms with E-state index in [9.17, 15) is 0 Å². The van der Waals surface area contributed by atoms with Gasteiger partial charge in [0.1, 0.15) is 17.0 Å². The molecule has 0 unspecified atom stereocenters. The maximum atomic E-state index is 8.07. The second kappa shape index (κ2) is 6.35. The van der Waals surface area contributed by atoms with Crippen molar-refractivity contribution >= 4 is 28.6 Å². The topological polar surface area (TPSA) is 120 Å². The lowest BCUT2D eigenvalue weighted by Gasteiger charge is -2.03. The number of oxazole rings is 1. The van der Waals surface area contributed by atoms with Crippen molar-refractivity contribution in [3.63, 3.8) is 0 Å². The molecule has 0 saturated carbocycles. The summed E-state index contributed by atoms with van der Waals surface area (Å²) >= 11 is 0. The van der Waals surface area contributed by atoms with Gasteiger partial charge in [-0.25, -0.2) is 4.68 Å². The van der Waals surface area contributed by atoms with Gasteiger partial charge in [-0.1, -0.05) is 19.8 Å². The minimum Gasteiger partial charge on any atom is -0.424 e. The van der Waals surface area contributed by atoms with E-state index in [1.54, 1.807) is 11.6 Å². The molecule has 1 aromatic carbocycles. The van der Waals surface area contributed by atoms with E-state index in [4.69, 9.17) is 21.3 Å². The number of nitrogens with one attached hydrogen (secondary N) is 1. The van der Waals surface area contributed by atoms with Crippen molar-refractivity contribution in [3.05, 3.63) is 23.8 Å². The van der Waals surface area contributed by atoms with Gasteiger partial charge >= 0.3 is 0 Å². The average molecular weight is 326 g/mol. The molecule has 0 saturated heterocycles. The van der Waals surface area contributed by atoms with Gasteiger partial charge < -0.3 is 21.3 Å². The summed E-state index contributed by atoms with van der Waals surface area (Å²) in [5, 5.41) is 12.7. The Labute approximate surface area is 140 Å². The molecule has 7 nitrogen and oxygen atoms in total. The molecule has 2 heterocycles. The Morgan fingerprint density at radius 2 is 2.08 bits per heavy atom. The predicted octanol–water partition coefficient (Wildman–Crippen LogP) is 3.43. The number of anilines is 2. The molecule has 0 radical (unpaired) electrons. The van der Waals surface area contributed by atoms with Crippen molar-refractivity contribution in [1.82, 2.24) is 14.8 Å². The Balaban J connectivity index is 2.06. The summed E-state index contributed by atoms with van der Waals surface area (Å²) < 4.78 is 7.10. The molecular weight excluding hydrogens is 304 g/mol. The summed E-state index contributed by atoms with van der Waals surface area (Å²) in [6.07, 6.45) is 3.27. The highest BCUT2D eigenvalue weighted by Gasteiger charge is 2.19. The zero-order valence-corrected chi connectivity index (χ0v) is 14.0. The quantitative estimate of drug-likeness (QED) is 0.473. The number of aryl methyl sites for hydroxylation is 1. The van der Waals surface area contributed by atoms with E-state index in [2.05, 4.69) is 17.0 Å². The molecule has 0 atom stereocenters. The molecule has 5 N–H and O–H groups in total.